The first-order valence-electron chi connectivity index (χ1n) is 11.3. The van der Waals surface area contributed by atoms with Crippen LogP contribution in [0.2, 0.25) is 10.0 Å². The van der Waals surface area contributed by atoms with Gasteiger partial charge in [-0.05, 0) is 41.8 Å². The topological polar surface area (TPSA) is 65.4 Å². The highest BCUT2D eigenvalue weighted by atomic mass is 35.5. The highest BCUT2D eigenvalue weighted by Gasteiger charge is 2.15. The summed E-state index contributed by atoms with van der Waals surface area (Å²) >= 11 is 12.5. The minimum Gasteiger partial charge on any atom is -0.493 e. The van der Waals surface area contributed by atoms with E-state index < -0.39 is 0 Å². The van der Waals surface area contributed by atoms with Crippen LogP contribution in [0.25, 0.3) is 11.0 Å². The Morgan fingerprint density at radius 2 is 1.69 bits per heavy atom. The van der Waals surface area contributed by atoms with E-state index in [1.165, 1.54) is 0 Å². The molecular weight excluding hydrogens is 485 g/mol. The Bertz CT molecular complexity index is 1320. The summed E-state index contributed by atoms with van der Waals surface area (Å²) in [5.74, 6) is 2.19. The average Bonchev–Trinajstić information content (AvgIpc) is 3.18. The maximum atomic E-state index is 12.6. The van der Waals surface area contributed by atoms with Crippen molar-refractivity contribution in [2.75, 3.05) is 20.8 Å². The van der Waals surface area contributed by atoms with Gasteiger partial charge in [0.25, 0.3) is 0 Å². The molecule has 182 valence electrons. The Kier molecular flexibility index (Phi) is 8.16. The van der Waals surface area contributed by atoms with Crippen LogP contribution in [0.15, 0.2) is 60.7 Å². The van der Waals surface area contributed by atoms with Crippen LogP contribution in [0.5, 0.6) is 11.5 Å². The lowest BCUT2D eigenvalue weighted by molar-refractivity contribution is -0.121. The molecule has 8 heteroatoms. The molecule has 1 heterocycles. The fourth-order valence-corrected chi connectivity index (χ4v) is 4.33. The molecule has 0 saturated heterocycles. The number of amides is 1. The first-order valence-corrected chi connectivity index (χ1v) is 12.1. The molecule has 0 radical (unpaired) electrons. The van der Waals surface area contributed by atoms with Crippen molar-refractivity contribution in [3.8, 4) is 11.5 Å². The summed E-state index contributed by atoms with van der Waals surface area (Å²) < 4.78 is 12.7. The van der Waals surface area contributed by atoms with E-state index >= 15 is 0 Å². The second-order valence-electron chi connectivity index (χ2n) is 8.14. The van der Waals surface area contributed by atoms with Gasteiger partial charge in [-0.25, -0.2) is 4.98 Å². The zero-order valence-corrected chi connectivity index (χ0v) is 21.2. The van der Waals surface area contributed by atoms with Crippen LogP contribution in [-0.2, 0) is 24.2 Å². The second-order valence-corrected chi connectivity index (χ2v) is 8.95. The number of aryl methyl sites for hydroxylation is 1. The van der Waals surface area contributed by atoms with Gasteiger partial charge in [0.15, 0.2) is 11.5 Å². The molecule has 35 heavy (non-hydrogen) atoms. The number of aromatic nitrogens is 2. The molecule has 4 rings (SSSR count). The first kappa shape index (κ1) is 24.9. The number of imidazole rings is 1. The van der Waals surface area contributed by atoms with Crippen molar-refractivity contribution in [3.05, 3.63) is 87.7 Å². The van der Waals surface area contributed by atoms with Gasteiger partial charge in [-0.15, -0.1) is 0 Å². The molecule has 0 fully saturated rings. The van der Waals surface area contributed by atoms with Crippen molar-refractivity contribution in [1.29, 1.82) is 0 Å². The molecule has 0 aliphatic heterocycles. The summed E-state index contributed by atoms with van der Waals surface area (Å²) in [4.78, 5) is 17.4. The fourth-order valence-electron chi connectivity index (χ4n) is 4.02. The molecule has 0 bridgehead atoms. The van der Waals surface area contributed by atoms with Gasteiger partial charge in [0.1, 0.15) is 5.82 Å². The van der Waals surface area contributed by atoms with Crippen LogP contribution in [0.4, 0.5) is 0 Å². The van der Waals surface area contributed by atoms with Gasteiger partial charge in [-0.2, -0.15) is 0 Å². The molecule has 6 nitrogen and oxygen atoms in total. The minimum absolute atomic E-state index is 0.0296. The number of nitrogens with zero attached hydrogens (tertiary/aromatic N) is 2. The van der Waals surface area contributed by atoms with E-state index in [-0.39, 0.29) is 5.91 Å². The predicted molar refractivity (Wildman–Crippen MR) is 140 cm³/mol. The van der Waals surface area contributed by atoms with E-state index in [2.05, 4.69) is 22.0 Å². The van der Waals surface area contributed by atoms with Gasteiger partial charge in [0.2, 0.25) is 5.91 Å². The molecule has 3 aromatic carbocycles. The third-order valence-electron chi connectivity index (χ3n) is 5.82. The minimum atomic E-state index is -0.0296. The van der Waals surface area contributed by atoms with Crippen molar-refractivity contribution in [2.24, 2.45) is 0 Å². The Labute approximate surface area is 214 Å². The quantitative estimate of drug-likeness (QED) is 0.296. The lowest BCUT2D eigenvalue weighted by Crippen LogP contribution is -2.26. The summed E-state index contributed by atoms with van der Waals surface area (Å²) in [5, 5.41) is 3.93. The second kappa shape index (κ2) is 11.5. The third kappa shape index (κ3) is 6.08. The molecule has 0 atom stereocenters. The highest BCUT2D eigenvalue weighted by molar-refractivity contribution is 6.42. The van der Waals surface area contributed by atoms with Crippen LogP contribution in [0, 0.1) is 0 Å². The fraction of sp³-hybridized carbons (Fsp3) is 0.259. The maximum absolute atomic E-state index is 12.6. The summed E-state index contributed by atoms with van der Waals surface area (Å²) in [6.07, 6.45) is 1.65. The molecule has 1 amide bonds. The van der Waals surface area contributed by atoms with Gasteiger partial charge < -0.3 is 19.4 Å². The molecule has 1 aromatic heterocycles. The van der Waals surface area contributed by atoms with Gasteiger partial charge in [-0.3, -0.25) is 4.79 Å². The number of ether oxygens (including phenoxy) is 2. The molecular formula is C27H27Cl2N3O3. The van der Waals surface area contributed by atoms with E-state index in [0.29, 0.717) is 53.9 Å². The van der Waals surface area contributed by atoms with E-state index in [4.69, 9.17) is 37.7 Å². The number of carbonyl (C=O) groups excluding carboxylic acids is 1. The Hall–Kier alpha value is -3.22. The molecule has 0 spiro atoms. The monoisotopic (exact) mass is 511 g/mol. The van der Waals surface area contributed by atoms with Gasteiger partial charge in [-0.1, -0.05) is 59.6 Å². The van der Waals surface area contributed by atoms with E-state index in [9.17, 15) is 4.79 Å². The van der Waals surface area contributed by atoms with E-state index in [0.717, 1.165) is 28.0 Å². The summed E-state index contributed by atoms with van der Waals surface area (Å²) in [5.41, 5.74) is 3.82. The van der Waals surface area contributed by atoms with Crippen LogP contribution < -0.4 is 14.8 Å². The molecule has 0 unspecified atom stereocenters. The van der Waals surface area contributed by atoms with Gasteiger partial charge >= 0.3 is 0 Å². The van der Waals surface area contributed by atoms with Crippen LogP contribution in [0.3, 0.4) is 0 Å². The zero-order valence-electron chi connectivity index (χ0n) is 19.7. The molecule has 4 aromatic rings. The number of halogens is 2. The van der Waals surface area contributed by atoms with Crippen molar-refractivity contribution >= 4 is 40.1 Å². The largest absolute Gasteiger partial charge is 0.493 e. The van der Waals surface area contributed by atoms with Crippen molar-refractivity contribution < 1.29 is 14.3 Å². The number of hydrogen-bond donors (Lipinski definition) is 1. The van der Waals surface area contributed by atoms with Gasteiger partial charge in [0.05, 0.1) is 35.3 Å². The Balaban J connectivity index is 1.42. The SMILES string of the molecule is COc1ccc(CCNC(=O)CCn2c(Cc3ccccc3)nc3cc(Cl)c(Cl)cc32)cc1OC. The number of benzene rings is 3. The number of hydrogen-bond acceptors (Lipinski definition) is 4. The zero-order chi connectivity index (χ0) is 24.8. The lowest BCUT2D eigenvalue weighted by Gasteiger charge is -2.11. The summed E-state index contributed by atoms with van der Waals surface area (Å²) in [6.45, 7) is 1.01. The van der Waals surface area contributed by atoms with Crippen LogP contribution in [0.1, 0.15) is 23.4 Å². The van der Waals surface area contributed by atoms with E-state index in [1.807, 2.05) is 42.5 Å². The lowest BCUT2D eigenvalue weighted by atomic mass is 10.1. The number of methoxy groups -OCH3 is 2. The van der Waals surface area contributed by atoms with Crippen LogP contribution >= 0.6 is 23.2 Å². The number of carbonyl (C=O) groups is 1. The molecule has 0 aliphatic carbocycles. The Morgan fingerprint density at radius 3 is 2.43 bits per heavy atom. The number of rotatable bonds is 10. The average molecular weight is 512 g/mol. The number of fused-ring (bicyclic) bond motifs is 1. The van der Waals surface area contributed by atoms with Gasteiger partial charge in [0, 0.05) is 25.9 Å². The maximum Gasteiger partial charge on any atom is 0.221 e. The smallest absolute Gasteiger partial charge is 0.221 e. The third-order valence-corrected chi connectivity index (χ3v) is 6.54. The first-order chi connectivity index (χ1) is 17.0. The highest BCUT2D eigenvalue weighted by Crippen LogP contribution is 2.29. The van der Waals surface area contributed by atoms with Crippen molar-refractivity contribution in [3.63, 3.8) is 0 Å². The normalized spacial score (nSPS) is 11.0. The summed E-state index contributed by atoms with van der Waals surface area (Å²) in [6, 6.07) is 19.5. The predicted octanol–water partition coefficient (Wildman–Crippen LogP) is 5.70. The van der Waals surface area contributed by atoms with Crippen molar-refractivity contribution in [2.45, 2.75) is 25.8 Å². The van der Waals surface area contributed by atoms with Crippen molar-refractivity contribution in [1.82, 2.24) is 14.9 Å². The molecule has 0 saturated carbocycles. The van der Waals surface area contributed by atoms with Crippen LogP contribution in [-0.4, -0.2) is 36.2 Å². The molecule has 1 N–H and O–H groups in total. The summed E-state index contributed by atoms with van der Waals surface area (Å²) in [7, 11) is 3.21. The van der Waals surface area contributed by atoms with E-state index in [1.54, 1.807) is 20.3 Å². The Morgan fingerprint density at radius 1 is 0.943 bits per heavy atom. The standard InChI is InChI=1S/C27H27Cl2N3O3/c1-34-24-9-8-19(14-25(24)35-2)10-12-30-27(33)11-13-32-23-17-21(29)20(28)16-22(23)31-26(32)15-18-6-4-3-5-7-18/h3-9,14,16-17H,10-13,15H2,1-2H3,(H,30,33). The molecule has 0 aliphatic rings. The number of nitrogens with one attached hydrogen (secondary N) is 1.